The van der Waals surface area contributed by atoms with Gasteiger partial charge < -0.3 is 20.1 Å². The number of nitro benzene ring substituents is 1. The van der Waals surface area contributed by atoms with Gasteiger partial charge in [0.15, 0.2) is 0 Å². The zero-order valence-electron chi connectivity index (χ0n) is 14.2. The summed E-state index contributed by atoms with van der Waals surface area (Å²) in [4.78, 5) is 34.2. The van der Waals surface area contributed by atoms with Gasteiger partial charge in [0.25, 0.3) is 5.69 Å². The van der Waals surface area contributed by atoms with Crippen molar-refractivity contribution in [3.8, 4) is 5.75 Å². The van der Waals surface area contributed by atoms with Crippen molar-refractivity contribution in [3.05, 3.63) is 44.6 Å². The molecule has 1 atom stereocenters. The molecule has 0 saturated carbocycles. The molecule has 2 N–H and O–H groups in total. The van der Waals surface area contributed by atoms with Crippen molar-refractivity contribution in [3.63, 3.8) is 0 Å². The molecule has 1 aliphatic rings. The van der Waals surface area contributed by atoms with Crippen LogP contribution in [0.1, 0.15) is 20.3 Å². The molecule has 2 amide bonds. The number of hydrogen-bond acceptors (Lipinski definition) is 6. The molecule has 1 heterocycles. The molecule has 0 spiro atoms. The van der Waals surface area contributed by atoms with Crippen LogP contribution in [0.25, 0.3) is 0 Å². The van der Waals surface area contributed by atoms with Gasteiger partial charge in [-0.15, -0.1) is 0 Å². The Hall–Kier alpha value is -2.81. The maximum atomic E-state index is 12.3. The summed E-state index contributed by atoms with van der Waals surface area (Å²) in [7, 11) is 0. The summed E-state index contributed by atoms with van der Waals surface area (Å²) in [5, 5.41) is 16.0. The van der Waals surface area contributed by atoms with Crippen LogP contribution in [-0.4, -0.2) is 36.2 Å². The average Bonchev–Trinajstić information content (AvgIpc) is 2.59. The maximum Gasteiger partial charge on any atom is 0.338 e. The topological polar surface area (TPSA) is 120 Å². The second-order valence-electron chi connectivity index (χ2n) is 5.33. The van der Waals surface area contributed by atoms with Crippen molar-refractivity contribution < 1.29 is 24.0 Å². The van der Waals surface area contributed by atoms with Gasteiger partial charge in [-0.2, -0.15) is 0 Å². The summed E-state index contributed by atoms with van der Waals surface area (Å²) in [5.74, 6) is -0.367. The molecule has 2 rings (SSSR count). The Kier molecular flexibility index (Phi) is 6.40. The lowest BCUT2D eigenvalue weighted by atomic mass is 10.0. The lowest BCUT2D eigenvalue weighted by Gasteiger charge is -2.28. The largest absolute Gasteiger partial charge is 0.486 e. The molecule has 0 aromatic heterocycles. The van der Waals surface area contributed by atoms with Crippen molar-refractivity contribution in [1.29, 1.82) is 0 Å². The standard InChI is InChI=1S/C16H18ClN3O6/c1-3-11-14(15(21)25-4-2)12(19-16(22)18-11)8-26-13-6-5-9(20(23)24)7-10(13)17/h5-7,11H,3-4,8H2,1-2H3,(H2,18,19,22)/t11-/m0/s1. The van der Waals surface area contributed by atoms with Crippen molar-refractivity contribution in [1.82, 2.24) is 10.6 Å². The number of hydrogen-bond donors (Lipinski definition) is 2. The molecule has 26 heavy (non-hydrogen) atoms. The van der Waals surface area contributed by atoms with Gasteiger partial charge in [-0.05, 0) is 19.4 Å². The number of esters is 1. The minimum absolute atomic E-state index is 0.0461. The highest BCUT2D eigenvalue weighted by Crippen LogP contribution is 2.29. The molecule has 0 fully saturated rings. The Morgan fingerprint density at radius 3 is 2.69 bits per heavy atom. The number of ether oxygens (including phenoxy) is 2. The fourth-order valence-electron chi connectivity index (χ4n) is 2.45. The third-order valence-electron chi connectivity index (χ3n) is 3.65. The lowest BCUT2D eigenvalue weighted by Crippen LogP contribution is -2.51. The van der Waals surface area contributed by atoms with E-state index in [1.165, 1.54) is 12.1 Å². The Bertz CT molecular complexity index is 764. The number of nitrogens with one attached hydrogen (secondary N) is 2. The van der Waals surface area contributed by atoms with E-state index in [4.69, 9.17) is 21.1 Å². The van der Waals surface area contributed by atoms with Gasteiger partial charge in [0.2, 0.25) is 0 Å². The van der Waals surface area contributed by atoms with Gasteiger partial charge in [0, 0.05) is 12.1 Å². The zero-order valence-corrected chi connectivity index (χ0v) is 15.0. The van der Waals surface area contributed by atoms with Crippen LogP contribution in [0.15, 0.2) is 29.5 Å². The Labute approximate surface area is 154 Å². The van der Waals surface area contributed by atoms with Gasteiger partial charge >= 0.3 is 12.0 Å². The molecule has 0 unspecified atom stereocenters. The first-order valence-corrected chi connectivity index (χ1v) is 8.29. The first kappa shape index (κ1) is 19.5. The summed E-state index contributed by atoms with van der Waals surface area (Å²) in [6.45, 7) is 3.53. The fraction of sp³-hybridized carbons (Fsp3) is 0.375. The van der Waals surface area contributed by atoms with Gasteiger partial charge in [0.05, 0.1) is 33.9 Å². The number of nitro groups is 1. The number of urea groups is 1. The highest BCUT2D eigenvalue weighted by atomic mass is 35.5. The number of non-ortho nitro benzene ring substituents is 1. The third kappa shape index (κ3) is 4.42. The van der Waals surface area contributed by atoms with E-state index in [2.05, 4.69) is 10.6 Å². The first-order valence-electron chi connectivity index (χ1n) is 7.91. The van der Waals surface area contributed by atoms with Crippen molar-refractivity contribution in [2.75, 3.05) is 13.2 Å². The van der Waals surface area contributed by atoms with Crippen LogP contribution in [0.2, 0.25) is 5.02 Å². The van der Waals surface area contributed by atoms with Crippen LogP contribution in [0.3, 0.4) is 0 Å². The van der Waals surface area contributed by atoms with E-state index in [1.54, 1.807) is 6.92 Å². The molecule has 0 saturated heterocycles. The lowest BCUT2D eigenvalue weighted by molar-refractivity contribution is -0.384. The molecule has 1 aromatic carbocycles. The number of amides is 2. The second kappa shape index (κ2) is 8.52. The van der Waals surface area contributed by atoms with E-state index in [9.17, 15) is 19.7 Å². The number of halogens is 1. The van der Waals surface area contributed by atoms with Gasteiger partial charge in [-0.3, -0.25) is 10.1 Å². The van der Waals surface area contributed by atoms with Crippen LogP contribution in [0, 0.1) is 10.1 Å². The fourth-order valence-corrected chi connectivity index (χ4v) is 2.68. The molecular weight excluding hydrogens is 366 g/mol. The van der Waals surface area contributed by atoms with E-state index >= 15 is 0 Å². The molecule has 0 aliphatic carbocycles. The van der Waals surface area contributed by atoms with E-state index in [0.717, 1.165) is 6.07 Å². The highest BCUT2D eigenvalue weighted by molar-refractivity contribution is 6.32. The van der Waals surface area contributed by atoms with Crippen molar-refractivity contribution in [2.45, 2.75) is 26.3 Å². The molecule has 1 aromatic rings. The molecule has 140 valence electrons. The normalized spacial score (nSPS) is 16.6. The molecule has 1 aliphatic heterocycles. The number of nitrogens with zero attached hydrogens (tertiary/aromatic N) is 1. The van der Waals surface area contributed by atoms with E-state index in [-0.39, 0.29) is 40.9 Å². The third-order valence-corrected chi connectivity index (χ3v) is 3.94. The van der Waals surface area contributed by atoms with E-state index in [0.29, 0.717) is 6.42 Å². The first-order chi connectivity index (χ1) is 12.4. The summed E-state index contributed by atoms with van der Waals surface area (Å²) in [6.07, 6.45) is 0.489. The quantitative estimate of drug-likeness (QED) is 0.424. The second-order valence-corrected chi connectivity index (χ2v) is 5.74. The molecular formula is C16H18ClN3O6. The summed E-state index contributed by atoms with van der Waals surface area (Å²) in [6, 6.07) is 2.79. The van der Waals surface area contributed by atoms with Crippen molar-refractivity contribution in [2.24, 2.45) is 0 Å². The predicted octanol–water partition coefficient (Wildman–Crippen LogP) is 2.54. The monoisotopic (exact) mass is 383 g/mol. The van der Waals surface area contributed by atoms with Crippen molar-refractivity contribution >= 4 is 29.3 Å². The minimum atomic E-state index is -0.573. The molecule has 0 radical (unpaired) electrons. The predicted molar refractivity (Wildman–Crippen MR) is 93.0 cm³/mol. The number of carbonyl (C=O) groups is 2. The minimum Gasteiger partial charge on any atom is -0.486 e. The van der Waals surface area contributed by atoms with E-state index in [1.807, 2.05) is 6.92 Å². The number of rotatable bonds is 7. The smallest absolute Gasteiger partial charge is 0.338 e. The molecule has 0 bridgehead atoms. The van der Waals surface area contributed by atoms with Gasteiger partial charge in [-0.25, -0.2) is 9.59 Å². The SMILES string of the molecule is CCOC(=O)C1=C(COc2ccc([N+](=O)[O-])cc2Cl)NC(=O)N[C@H]1CC. The van der Waals surface area contributed by atoms with Gasteiger partial charge in [-0.1, -0.05) is 18.5 Å². The van der Waals surface area contributed by atoms with E-state index < -0.39 is 23.0 Å². The molecule has 10 heteroatoms. The van der Waals surface area contributed by atoms with Crippen LogP contribution in [-0.2, 0) is 9.53 Å². The number of carbonyl (C=O) groups excluding carboxylic acids is 2. The Balaban J connectivity index is 2.26. The average molecular weight is 384 g/mol. The van der Waals surface area contributed by atoms with Crippen LogP contribution >= 0.6 is 11.6 Å². The number of benzene rings is 1. The van der Waals surface area contributed by atoms with Crippen LogP contribution in [0.5, 0.6) is 5.75 Å². The highest BCUT2D eigenvalue weighted by Gasteiger charge is 2.31. The zero-order chi connectivity index (χ0) is 19.3. The maximum absolute atomic E-state index is 12.3. The molecule has 9 nitrogen and oxygen atoms in total. The summed E-state index contributed by atoms with van der Waals surface area (Å²) < 4.78 is 10.6. The van der Waals surface area contributed by atoms with Crippen LogP contribution < -0.4 is 15.4 Å². The summed E-state index contributed by atoms with van der Waals surface area (Å²) >= 11 is 5.99. The van der Waals surface area contributed by atoms with Crippen LogP contribution in [0.4, 0.5) is 10.5 Å². The summed E-state index contributed by atoms with van der Waals surface area (Å²) in [5.41, 5.74) is 0.357. The Morgan fingerprint density at radius 1 is 1.38 bits per heavy atom. The van der Waals surface area contributed by atoms with Gasteiger partial charge in [0.1, 0.15) is 12.4 Å². The Morgan fingerprint density at radius 2 is 2.12 bits per heavy atom.